The average Bonchev–Trinajstić information content (AvgIpc) is 3.28. The van der Waals surface area contributed by atoms with E-state index in [0.29, 0.717) is 43.1 Å². The number of esters is 1. The van der Waals surface area contributed by atoms with E-state index in [4.69, 9.17) is 14.2 Å². The van der Waals surface area contributed by atoms with Gasteiger partial charge in [0.05, 0.1) is 19.8 Å². The second-order valence-electron chi connectivity index (χ2n) is 11.1. The number of carbonyl (C=O) groups excluding carboxylic acids is 2. The summed E-state index contributed by atoms with van der Waals surface area (Å²) in [5.41, 5.74) is 0.260. The first-order valence-electron chi connectivity index (χ1n) is 12.3. The van der Waals surface area contributed by atoms with Crippen molar-refractivity contribution in [2.75, 3.05) is 19.8 Å². The van der Waals surface area contributed by atoms with Gasteiger partial charge in [0.15, 0.2) is 5.79 Å². The van der Waals surface area contributed by atoms with Crippen molar-refractivity contribution in [3.63, 3.8) is 0 Å². The molecule has 5 fully saturated rings. The lowest BCUT2D eigenvalue weighted by atomic mass is 9.46. The summed E-state index contributed by atoms with van der Waals surface area (Å²) < 4.78 is 17.8. The van der Waals surface area contributed by atoms with E-state index in [2.05, 4.69) is 13.8 Å². The van der Waals surface area contributed by atoms with Crippen LogP contribution < -0.4 is 0 Å². The molecule has 0 N–H and O–H groups in total. The van der Waals surface area contributed by atoms with Crippen molar-refractivity contribution in [2.45, 2.75) is 84.3 Å². The van der Waals surface area contributed by atoms with Gasteiger partial charge in [-0.1, -0.05) is 13.8 Å². The standard InChI is InChI=1S/C25H38O5/c1-4-28-22(27)18-15-16-5-6-17-19(23(16,2)10-9-21(18)26)7-11-24(3)20(17)8-12-25(24)29-13-14-30-25/h16-20H,4-15H2,1-3H3/t16-,17+,18?,19-,20-,23-,24-/m0/s1. The molecule has 0 amide bonds. The van der Waals surface area contributed by atoms with Crippen LogP contribution in [0.5, 0.6) is 0 Å². The molecule has 0 aromatic heterocycles. The second-order valence-corrected chi connectivity index (χ2v) is 11.1. The Morgan fingerprint density at radius 3 is 2.50 bits per heavy atom. The maximum absolute atomic E-state index is 12.8. The summed E-state index contributed by atoms with van der Waals surface area (Å²) in [4.78, 5) is 25.3. The first-order chi connectivity index (χ1) is 14.3. The van der Waals surface area contributed by atoms with E-state index in [0.717, 1.165) is 38.9 Å². The monoisotopic (exact) mass is 418 g/mol. The van der Waals surface area contributed by atoms with Crippen molar-refractivity contribution < 1.29 is 23.8 Å². The lowest BCUT2D eigenvalue weighted by molar-refractivity contribution is -0.246. The smallest absolute Gasteiger partial charge is 0.316 e. The summed E-state index contributed by atoms with van der Waals surface area (Å²) in [6.07, 6.45) is 9.05. The molecule has 1 aliphatic heterocycles. The number of fused-ring (bicyclic) bond motifs is 6. The van der Waals surface area contributed by atoms with Crippen molar-refractivity contribution in [1.82, 2.24) is 0 Å². The normalized spacial score (nSPS) is 47.3. The first kappa shape index (κ1) is 20.9. The number of ether oxygens (including phenoxy) is 3. The van der Waals surface area contributed by atoms with Crippen molar-refractivity contribution >= 4 is 11.8 Å². The molecule has 4 saturated carbocycles. The van der Waals surface area contributed by atoms with Crippen LogP contribution in [0.4, 0.5) is 0 Å². The van der Waals surface area contributed by atoms with E-state index in [1.54, 1.807) is 0 Å². The number of hydrogen-bond acceptors (Lipinski definition) is 5. The van der Waals surface area contributed by atoms with Crippen molar-refractivity contribution in [1.29, 1.82) is 0 Å². The highest BCUT2D eigenvalue weighted by atomic mass is 16.7. The molecule has 30 heavy (non-hydrogen) atoms. The van der Waals surface area contributed by atoms with Gasteiger partial charge in [-0.3, -0.25) is 9.59 Å². The predicted molar refractivity (Wildman–Crippen MR) is 111 cm³/mol. The van der Waals surface area contributed by atoms with Crippen LogP contribution >= 0.6 is 0 Å². The molecule has 1 unspecified atom stereocenters. The molecular formula is C25H38O5. The van der Waals surface area contributed by atoms with Gasteiger partial charge in [-0.15, -0.1) is 0 Å². The molecule has 4 aliphatic carbocycles. The molecule has 0 aromatic rings. The summed E-state index contributed by atoms with van der Waals surface area (Å²) in [7, 11) is 0. The topological polar surface area (TPSA) is 61.8 Å². The van der Waals surface area contributed by atoms with Gasteiger partial charge in [0, 0.05) is 18.3 Å². The predicted octanol–water partition coefficient (Wildman–Crippen LogP) is 4.52. The van der Waals surface area contributed by atoms with Gasteiger partial charge in [0.25, 0.3) is 0 Å². The molecule has 7 atom stereocenters. The van der Waals surface area contributed by atoms with E-state index in [1.165, 1.54) is 19.3 Å². The van der Waals surface area contributed by atoms with Crippen molar-refractivity contribution in [3.8, 4) is 0 Å². The fourth-order valence-corrected chi connectivity index (χ4v) is 8.65. The Labute approximate surface area is 180 Å². The maximum Gasteiger partial charge on any atom is 0.316 e. The quantitative estimate of drug-likeness (QED) is 0.487. The molecule has 0 radical (unpaired) electrons. The first-order valence-corrected chi connectivity index (χ1v) is 12.3. The molecule has 5 heteroatoms. The van der Waals surface area contributed by atoms with Crippen LogP contribution in [0.1, 0.15) is 78.6 Å². The highest BCUT2D eigenvalue weighted by Gasteiger charge is 2.67. The van der Waals surface area contributed by atoms with Gasteiger partial charge in [-0.05, 0) is 81.0 Å². The lowest BCUT2D eigenvalue weighted by Crippen LogP contribution is -2.56. The minimum Gasteiger partial charge on any atom is -0.465 e. The van der Waals surface area contributed by atoms with Gasteiger partial charge < -0.3 is 14.2 Å². The summed E-state index contributed by atoms with van der Waals surface area (Å²) in [6, 6.07) is 0. The molecule has 1 spiro atoms. The highest BCUT2D eigenvalue weighted by Crippen LogP contribution is 2.69. The molecule has 0 bridgehead atoms. The van der Waals surface area contributed by atoms with Crippen LogP contribution in [-0.2, 0) is 23.8 Å². The van der Waals surface area contributed by atoms with Crippen LogP contribution in [0.15, 0.2) is 0 Å². The molecule has 5 nitrogen and oxygen atoms in total. The van der Waals surface area contributed by atoms with Gasteiger partial charge in [-0.2, -0.15) is 0 Å². The largest absolute Gasteiger partial charge is 0.465 e. The number of carbonyl (C=O) groups is 2. The molecule has 0 aromatic carbocycles. The number of Topliss-reactive ketones (excluding diaryl/α,β-unsaturated/α-hetero) is 1. The van der Waals surface area contributed by atoms with Crippen LogP contribution in [0.2, 0.25) is 0 Å². The lowest BCUT2D eigenvalue weighted by Gasteiger charge is -2.59. The minimum atomic E-state index is -0.544. The van der Waals surface area contributed by atoms with Crippen molar-refractivity contribution in [2.24, 2.45) is 40.4 Å². The SMILES string of the molecule is CCOC(=O)C1C[C@@H]2CC[C@@H]3[C@H](CC[C@@]4(C)[C@H]3CCC43OCCO3)[C@@]2(C)CCC1=O. The van der Waals surface area contributed by atoms with E-state index < -0.39 is 5.92 Å². The Kier molecular flexibility index (Phi) is 5.09. The van der Waals surface area contributed by atoms with E-state index in [-0.39, 0.29) is 28.4 Å². The molecular weight excluding hydrogens is 380 g/mol. The summed E-state index contributed by atoms with van der Waals surface area (Å²) in [6.45, 7) is 8.49. The maximum atomic E-state index is 12.8. The van der Waals surface area contributed by atoms with Crippen LogP contribution in [0, 0.1) is 40.4 Å². The third kappa shape index (κ3) is 2.80. The van der Waals surface area contributed by atoms with Gasteiger partial charge in [-0.25, -0.2) is 0 Å². The zero-order chi connectivity index (χ0) is 21.1. The molecule has 5 aliphatic rings. The second kappa shape index (κ2) is 7.30. The number of rotatable bonds is 2. The van der Waals surface area contributed by atoms with E-state index >= 15 is 0 Å². The average molecular weight is 419 g/mol. The van der Waals surface area contributed by atoms with E-state index in [1.807, 2.05) is 6.92 Å². The molecule has 1 heterocycles. The summed E-state index contributed by atoms with van der Waals surface area (Å²) in [5.74, 6) is 1.33. The molecule has 168 valence electrons. The van der Waals surface area contributed by atoms with Gasteiger partial charge in [0.2, 0.25) is 0 Å². The zero-order valence-electron chi connectivity index (χ0n) is 18.9. The Balaban J connectivity index is 1.40. The third-order valence-corrected chi connectivity index (χ3v) is 10.3. The summed E-state index contributed by atoms with van der Waals surface area (Å²) >= 11 is 0. The Morgan fingerprint density at radius 2 is 1.77 bits per heavy atom. The third-order valence-electron chi connectivity index (χ3n) is 10.3. The fourth-order valence-electron chi connectivity index (χ4n) is 8.65. The van der Waals surface area contributed by atoms with Gasteiger partial charge >= 0.3 is 5.97 Å². The summed E-state index contributed by atoms with van der Waals surface area (Å²) in [5, 5.41) is 0. The van der Waals surface area contributed by atoms with Gasteiger partial charge in [0.1, 0.15) is 11.7 Å². The fraction of sp³-hybridized carbons (Fsp3) is 0.920. The Morgan fingerprint density at radius 1 is 1.03 bits per heavy atom. The van der Waals surface area contributed by atoms with Crippen LogP contribution in [0.3, 0.4) is 0 Å². The Hall–Kier alpha value is -0.940. The van der Waals surface area contributed by atoms with Crippen LogP contribution in [0.25, 0.3) is 0 Å². The van der Waals surface area contributed by atoms with Crippen molar-refractivity contribution in [3.05, 3.63) is 0 Å². The minimum absolute atomic E-state index is 0.105. The van der Waals surface area contributed by atoms with Crippen LogP contribution in [-0.4, -0.2) is 37.4 Å². The van der Waals surface area contributed by atoms with E-state index in [9.17, 15) is 9.59 Å². The highest BCUT2D eigenvalue weighted by molar-refractivity contribution is 5.99. The zero-order valence-corrected chi connectivity index (χ0v) is 18.9. The number of hydrogen-bond donors (Lipinski definition) is 0. The Bertz CT molecular complexity index is 712. The molecule has 1 saturated heterocycles. The molecule has 5 rings (SSSR count). The number of ketones is 1.